The third kappa shape index (κ3) is 2.35. The smallest absolute Gasteiger partial charge is 0.248 e. The van der Waals surface area contributed by atoms with Crippen LogP contribution in [0, 0.1) is 0 Å². The van der Waals surface area contributed by atoms with Gasteiger partial charge in [0.1, 0.15) is 5.75 Å². The molecule has 2 N–H and O–H groups in total. The van der Waals surface area contributed by atoms with Crippen LogP contribution in [0.25, 0.3) is 0 Å². The van der Waals surface area contributed by atoms with Gasteiger partial charge in [-0.05, 0) is 42.5 Å². The molecular weight excluding hydrogens is 202 g/mol. The Morgan fingerprint density at radius 1 is 1.44 bits per heavy atom. The van der Waals surface area contributed by atoms with Gasteiger partial charge in [0.15, 0.2) is 0 Å². The molecule has 1 saturated carbocycles. The van der Waals surface area contributed by atoms with Crippen molar-refractivity contribution in [2.75, 3.05) is 0 Å². The first kappa shape index (κ1) is 11.0. The average molecular weight is 219 g/mol. The second kappa shape index (κ2) is 4.16. The molecule has 1 aromatic rings. The van der Waals surface area contributed by atoms with Crippen molar-refractivity contribution in [3.8, 4) is 5.75 Å². The molecular formula is C13H17NO2. The molecule has 0 saturated heterocycles. The monoisotopic (exact) mass is 219 g/mol. The van der Waals surface area contributed by atoms with Gasteiger partial charge in [0, 0.05) is 5.56 Å². The van der Waals surface area contributed by atoms with Crippen molar-refractivity contribution in [2.45, 2.75) is 38.7 Å². The van der Waals surface area contributed by atoms with Crippen LogP contribution in [-0.4, -0.2) is 12.0 Å². The number of hydrogen-bond acceptors (Lipinski definition) is 2. The molecule has 16 heavy (non-hydrogen) atoms. The van der Waals surface area contributed by atoms with Crippen molar-refractivity contribution in [2.24, 2.45) is 5.73 Å². The van der Waals surface area contributed by atoms with Gasteiger partial charge in [0.05, 0.1) is 6.10 Å². The fourth-order valence-electron chi connectivity index (χ4n) is 1.63. The molecule has 86 valence electrons. The minimum Gasteiger partial charge on any atom is -0.490 e. The molecule has 0 bridgehead atoms. The number of rotatable bonds is 4. The van der Waals surface area contributed by atoms with Crippen LogP contribution in [0.1, 0.15) is 48.5 Å². The lowest BCUT2D eigenvalue weighted by molar-refractivity contribution is 0.1000. The van der Waals surface area contributed by atoms with Crippen LogP contribution < -0.4 is 10.5 Å². The molecule has 0 spiro atoms. The van der Waals surface area contributed by atoms with Gasteiger partial charge in [-0.25, -0.2) is 0 Å². The second-order valence-corrected chi connectivity index (χ2v) is 4.59. The summed E-state index contributed by atoms with van der Waals surface area (Å²) in [6.45, 7) is 4.17. The first-order valence-corrected chi connectivity index (χ1v) is 5.68. The maximum absolute atomic E-state index is 11.1. The highest BCUT2D eigenvalue weighted by atomic mass is 16.5. The number of amides is 1. The highest BCUT2D eigenvalue weighted by Gasteiger charge is 2.25. The van der Waals surface area contributed by atoms with Gasteiger partial charge >= 0.3 is 0 Å². The van der Waals surface area contributed by atoms with Crippen molar-refractivity contribution in [3.63, 3.8) is 0 Å². The summed E-state index contributed by atoms with van der Waals surface area (Å²) in [6, 6.07) is 5.42. The molecule has 0 aliphatic heterocycles. The summed E-state index contributed by atoms with van der Waals surface area (Å²) in [5.41, 5.74) is 6.87. The van der Waals surface area contributed by atoms with Gasteiger partial charge in [-0.1, -0.05) is 13.8 Å². The SMILES string of the molecule is CC(C)c1cc(C(N)=O)ccc1OC1CC1. The largest absolute Gasteiger partial charge is 0.490 e. The normalized spacial score (nSPS) is 15.2. The highest BCUT2D eigenvalue weighted by Crippen LogP contribution is 2.33. The molecule has 0 aromatic heterocycles. The minimum absolute atomic E-state index is 0.327. The summed E-state index contributed by atoms with van der Waals surface area (Å²) in [5.74, 6) is 0.829. The van der Waals surface area contributed by atoms with Crippen LogP contribution in [0.5, 0.6) is 5.75 Å². The first-order valence-electron chi connectivity index (χ1n) is 5.68. The van der Waals surface area contributed by atoms with Gasteiger partial charge in [0.25, 0.3) is 0 Å². The van der Waals surface area contributed by atoms with E-state index in [4.69, 9.17) is 10.5 Å². The zero-order valence-corrected chi connectivity index (χ0v) is 9.69. The Hall–Kier alpha value is -1.51. The molecule has 0 atom stereocenters. The van der Waals surface area contributed by atoms with Crippen molar-refractivity contribution in [1.29, 1.82) is 0 Å². The Balaban J connectivity index is 2.31. The number of primary amides is 1. The summed E-state index contributed by atoms with van der Waals surface area (Å²) in [4.78, 5) is 11.1. The van der Waals surface area contributed by atoms with Crippen LogP contribution in [0.3, 0.4) is 0 Å². The number of benzene rings is 1. The fraction of sp³-hybridized carbons (Fsp3) is 0.462. The lowest BCUT2D eigenvalue weighted by Crippen LogP contribution is -2.12. The minimum atomic E-state index is -0.389. The van der Waals surface area contributed by atoms with Crippen molar-refractivity contribution in [3.05, 3.63) is 29.3 Å². The third-order valence-electron chi connectivity index (χ3n) is 2.73. The molecule has 2 rings (SSSR count). The topological polar surface area (TPSA) is 52.3 Å². The lowest BCUT2D eigenvalue weighted by atomic mass is 9.99. The lowest BCUT2D eigenvalue weighted by Gasteiger charge is -2.14. The number of carbonyl (C=O) groups excluding carboxylic acids is 1. The summed E-state index contributed by atoms with van der Waals surface area (Å²) in [5, 5.41) is 0. The third-order valence-corrected chi connectivity index (χ3v) is 2.73. The van der Waals surface area contributed by atoms with Gasteiger partial charge in [-0.15, -0.1) is 0 Å². The standard InChI is InChI=1S/C13H17NO2/c1-8(2)11-7-9(13(14)15)3-6-12(11)16-10-4-5-10/h3,6-8,10H,4-5H2,1-2H3,(H2,14,15). The summed E-state index contributed by atoms with van der Waals surface area (Å²) >= 11 is 0. The van der Waals surface area contributed by atoms with Crippen molar-refractivity contribution in [1.82, 2.24) is 0 Å². The zero-order valence-electron chi connectivity index (χ0n) is 9.69. The van der Waals surface area contributed by atoms with Crippen LogP contribution in [0.2, 0.25) is 0 Å². The number of hydrogen-bond donors (Lipinski definition) is 1. The van der Waals surface area contributed by atoms with Crippen molar-refractivity contribution >= 4 is 5.91 Å². The Kier molecular flexibility index (Phi) is 2.86. The van der Waals surface area contributed by atoms with Crippen LogP contribution >= 0.6 is 0 Å². The average Bonchev–Trinajstić information content (AvgIpc) is 3.01. The molecule has 3 heteroatoms. The van der Waals surface area contributed by atoms with E-state index in [0.717, 1.165) is 24.2 Å². The van der Waals surface area contributed by atoms with Crippen LogP contribution in [0.15, 0.2) is 18.2 Å². The van der Waals surface area contributed by atoms with Crippen LogP contribution in [-0.2, 0) is 0 Å². The van der Waals surface area contributed by atoms with E-state index in [1.807, 2.05) is 12.1 Å². The Bertz CT molecular complexity index is 408. The fourth-order valence-corrected chi connectivity index (χ4v) is 1.63. The van der Waals surface area contributed by atoms with Crippen molar-refractivity contribution < 1.29 is 9.53 Å². The van der Waals surface area contributed by atoms with Crippen LogP contribution in [0.4, 0.5) is 0 Å². The molecule has 1 aliphatic rings. The molecule has 1 aliphatic carbocycles. The maximum atomic E-state index is 11.1. The second-order valence-electron chi connectivity index (χ2n) is 4.59. The number of nitrogens with two attached hydrogens (primary N) is 1. The van der Waals surface area contributed by atoms with E-state index in [1.54, 1.807) is 6.07 Å². The molecule has 1 amide bonds. The molecule has 1 aromatic carbocycles. The van der Waals surface area contributed by atoms with Gasteiger partial charge in [-0.2, -0.15) is 0 Å². The highest BCUT2D eigenvalue weighted by molar-refractivity contribution is 5.93. The Labute approximate surface area is 95.6 Å². The maximum Gasteiger partial charge on any atom is 0.248 e. The van der Waals surface area contributed by atoms with E-state index in [9.17, 15) is 4.79 Å². The molecule has 0 unspecified atom stereocenters. The predicted octanol–water partition coefficient (Wildman–Crippen LogP) is 2.45. The van der Waals surface area contributed by atoms with Gasteiger partial charge < -0.3 is 10.5 Å². The van der Waals surface area contributed by atoms with Gasteiger partial charge in [-0.3, -0.25) is 4.79 Å². The summed E-state index contributed by atoms with van der Waals surface area (Å²) in [6.07, 6.45) is 2.64. The predicted molar refractivity (Wildman–Crippen MR) is 62.7 cm³/mol. The quantitative estimate of drug-likeness (QED) is 0.845. The number of carbonyl (C=O) groups is 1. The van der Waals surface area contributed by atoms with E-state index in [-0.39, 0.29) is 5.91 Å². The van der Waals surface area contributed by atoms with Gasteiger partial charge in [0.2, 0.25) is 5.91 Å². The molecule has 3 nitrogen and oxygen atoms in total. The summed E-state index contributed by atoms with van der Waals surface area (Å²) < 4.78 is 5.80. The van der Waals surface area contributed by atoms with E-state index < -0.39 is 0 Å². The van der Waals surface area contributed by atoms with E-state index >= 15 is 0 Å². The first-order chi connectivity index (χ1) is 7.58. The van der Waals surface area contributed by atoms with E-state index in [0.29, 0.717) is 17.6 Å². The molecule has 1 fully saturated rings. The van der Waals surface area contributed by atoms with E-state index in [1.165, 1.54) is 0 Å². The Morgan fingerprint density at radius 3 is 2.62 bits per heavy atom. The Morgan fingerprint density at radius 2 is 2.12 bits per heavy atom. The zero-order chi connectivity index (χ0) is 11.7. The molecule has 0 radical (unpaired) electrons. The molecule has 0 heterocycles. The summed E-state index contributed by atoms with van der Waals surface area (Å²) in [7, 11) is 0. The van der Waals surface area contributed by atoms with E-state index in [2.05, 4.69) is 13.8 Å². The number of ether oxygens (including phenoxy) is 1.